The lowest BCUT2D eigenvalue weighted by molar-refractivity contribution is 0.661. The Morgan fingerprint density at radius 2 is 1.16 bits per heavy atom. The molecule has 0 atom stereocenters. The van der Waals surface area contributed by atoms with Gasteiger partial charge in [-0.2, -0.15) is 5.26 Å². The van der Waals surface area contributed by atoms with Gasteiger partial charge in [0.1, 0.15) is 17.2 Å². The number of aromatic nitrogens is 4. The van der Waals surface area contributed by atoms with Gasteiger partial charge in [0.2, 0.25) is 0 Å². The van der Waals surface area contributed by atoms with Gasteiger partial charge < -0.3 is 8.98 Å². The van der Waals surface area contributed by atoms with Crippen molar-refractivity contribution in [2.75, 3.05) is 0 Å². The van der Waals surface area contributed by atoms with E-state index in [0.717, 1.165) is 49.4 Å². The number of para-hydroxylation sites is 2. The van der Waals surface area contributed by atoms with Gasteiger partial charge in [-0.05, 0) is 52.6 Å². The number of nitriles is 1. The molecule has 3 heterocycles. The van der Waals surface area contributed by atoms with E-state index in [0.29, 0.717) is 39.8 Å². The molecule has 0 aliphatic heterocycles. The molecule has 11 rings (SSSR count). The second kappa shape index (κ2) is 11.6. The summed E-state index contributed by atoms with van der Waals surface area (Å²) in [5.74, 6) is 1.50. The fourth-order valence-corrected chi connectivity index (χ4v) is 8.70. The number of benzene rings is 7. The van der Waals surface area contributed by atoms with Gasteiger partial charge >= 0.3 is 0 Å². The molecule has 6 heteroatoms. The lowest BCUT2D eigenvalue weighted by Crippen LogP contribution is -2.14. The van der Waals surface area contributed by atoms with E-state index in [4.69, 9.17) is 19.4 Å². The minimum absolute atomic E-state index is 0.154. The van der Waals surface area contributed by atoms with Gasteiger partial charge in [-0.1, -0.05) is 135 Å². The molecule has 0 amide bonds. The lowest BCUT2D eigenvalue weighted by Gasteiger charge is -2.21. The van der Waals surface area contributed by atoms with E-state index in [1.54, 1.807) is 0 Å². The van der Waals surface area contributed by atoms with Crippen LogP contribution in [0.15, 0.2) is 156 Å². The number of rotatable bonds is 4. The maximum absolute atomic E-state index is 11.2. The van der Waals surface area contributed by atoms with E-state index in [9.17, 15) is 5.26 Å². The Bertz CT molecular complexity index is 3180. The highest BCUT2D eigenvalue weighted by molar-refractivity contribution is 6.18. The van der Waals surface area contributed by atoms with Crippen molar-refractivity contribution in [2.24, 2.45) is 0 Å². The molecule has 7 aromatic carbocycles. The number of hydrogen-bond acceptors (Lipinski definition) is 5. The van der Waals surface area contributed by atoms with Crippen LogP contribution in [0.3, 0.4) is 0 Å². The highest BCUT2D eigenvalue weighted by Crippen LogP contribution is 2.52. The molecule has 6 nitrogen and oxygen atoms in total. The number of hydrogen-bond donors (Lipinski definition) is 0. The van der Waals surface area contributed by atoms with E-state index in [-0.39, 0.29) is 5.41 Å². The zero-order valence-electron chi connectivity index (χ0n) is 30.1. The minimum atomic E-state index is -0.154. The van der Waals surface area contributed by atoms with Gasteiger partial charge in [-0.15, -0.1) is 0 Å². The van der Waals surface area contributed by atoms with Crippen molar-refractivity contribution in [2.45, 2.75) is 19.3 Å². The maximum atomic E-state index is 11.2. The van der Waals surface area contributed by atoms with Crippen molar-refractivity contribution in [1.82, 2.24) is 19.5 Å². The summed E-state index contributed by atoms with van der Waals surface area (Å²) < 4.78 is 9.08. The molecule has 258 valence electrons. The smallest absolute Gasteiger partial charge is 0.167 e. The van der Waals surface area contributed by atoms with E-state index in [2.05, 4.69) is 91.2 Å². The highest BCUT2D eigenvalue weighted by atomic mass is 16.3. The zero-order valence-corrected chi connectivity index (χ0v) is 30.1. The quantitative estimate of drug-likeness (QED) is 0.182. The van der Waals surface area contributed by atoms with Crippen LogP contribution < -0.4 is 0 Å². The Labute approximate surface area is 316 Å². The molecule has 10 aromatic rings. The van der Waals surface area contributed by atoms with Crippen LogP contribution in [0.1, 0.15) is 30.5 Å². The molecule has 1 aliphatic carbocycles. The third kappa shape index (κ3) is 4.50. The topological polar surface area (TPSA) is 80.5 Å². The van der Waals surface area contributed by atoms with Crippen LogP contribution >= 0.6 is 0 Å². The van der Waals surface area contributed by atoms with E-state index >= 15 is 0 Å². The fraction of sp³-hybridized carbons (Fsp3) is 0.0612. The third-order valence-electron chi connectivity index (χ3n) is 11.3. The van der Waals surface area contributed by atoms with Crippen molar-refractivity contribution < 1.29 is 4.42 Å². The van der Waals surface area contributed by atoms with Gasteiger partial charge in [0.15, 0.2) is 17.5 Å². The maximum Gasteiger partial charge on any atom is 0.167 e. The first kappa shape index (κ1) is 31.2. The van der Waals surface area contributed by atoms with E-state index in [1.807, 2.05) is 84.9 Å². The summed E-state index contributed by atoms with van der Waals surface area (Å²) in [5, 5.41) is 15.2. The fourth-order valence-electron chi connectivity index (χ4n) is 8.70. The molecule has 55 heavy (non-hydrogen) atoms. The van der Waals surface area contributed by atoms with Crippen LogP contribution in [-0.4, -0.2) is 19.5 Å². The molecule has 0 N–H and O–H groups in total. The third-order valence-corrected chi connectivity index (χ3v) is 11.3. The second-order valence-electron chi connectivity index (χ2n) is 14.7. The first-order chi connectivity index (χ1) is 27.0. The molecule has 0 bridgehead atoms. The van der Waals surface area contributed by atoms with Crippen LogP contribution in [0.5, 0.6) is 0 Å². The predicted octanol–water partition coefficient (Wildman–Crippen LogP) is 12.0. The summed E-state index contributed by atoms with van der Waals surface area (Å²) in [6, 6.07) is 54.2. The van der Waals surface area contributed by atoms with Crippen LogP contribution in [0.25, 0.3) is 94.7 Å². The monoisotopic (exact) mass is 705 g/mol. The molecule has 0 saturated carbocycles. The summed E-state index contributed by atoms with van der Waals surface area (Å²) in [6.45, 7) is 4.62. The predicted molar refractivity (Wildman–Crippen MR) is 220 cm³/mol. The standard InChI is InChI=1S/C49H31N5O/c1-49(2)38-22-12-9-19-32(38)35-27-41-36(26-39(35)49)33-20-10-13-23-40(33)54(41)44-31(28-50)25-37(45-43(44)34-21-11-14-24-42(34)55-45)48-52-46(29-15-5-3-6-16-29)51-47(53-48)30-17-7-4-8-18-30/h3-27H,1-2H3. The summed E-state index contributed by atoms with van der Waals surface area (Å²) in [6.07, 6.45) is 0. The first-order valence-corrected chi connectivity index (χ1v) is 18.4. The lowest BCUT2D eigenvalue weighted by atomic mass is 9.82. The Morgan fingerprint density at radius 1 is 0.545 bits per heavy atom. The normalized spacial score (nSPS) is 13.0. The van der Waals surface area contributed by atoms with Crippen molar-refractivity contribution in [3.05, 3.63) is 168 Å². The summed E-state index contributed by atoms with van der Waals surface area (Å²) in [4.78, 5) is 15.1. The van der Waals surface area contributed by atoms with Gasteiger partial charge in [0.25, 0.3) is 0 Å². The number of fused-ring (bicyclic) bond motifs is 9. The Balaban J connectivity index is 1.26. The van der Waals surface area contributed by atoms with Crippen molar-refractivity contribution in [3.8, 4) is 57.0 Å². The Kier molecular flexibility index (Phi) is 6.56. The van der Waals surface area contributed by atoms with Crippen LogP contribution in [0.4, 0.5) is 0 Å². The van der Waals surface area contributed by atoms with Crippen LogP contribution in [0, 0.1) is 11.3 Å². The first-order valence-electron chi connectivity index (χ1n) is 18.4. The summed E-state index contributed by atoms with van der Waals surface area (Å²) in [5.41, 5.74) is 11.9. The summed E-state index contributed by atoms with van der Waals surface area (Å²) >= 11 is 0. The van der Waals surface area contributed by atoms with E-state index in [1.165, 1.54) is 22.3 Å². The van der Waals surface area contributed by atoms with Crippen LogP contribution in [-0.2, 0) is 5.41 Å². The van der Waals surface area contributed by atoms with E-state index < -0.39 is 0 Å². The Hall–Kier alpha value is -7.36. The molecule has 3 aromatic heterocycles. The van der Waals surface area contributed by atoms with Crippen LogP contribution in [0.2, 0.25) is 0 Å². The summed E-state index contributed by atoms with van der Waals surface area (Å²) in [7, 11) is 0. The average molecular weight is 706 g/mol. The minimum Gasteiger partial charge on any atom is -0.455 e. The largest absolute Gasteiger partial charge is 0.455 e. The van der Waals surface area contributed by atoms with Gasteiger partial charge in [0.05, 0.1) is 33.2 Å². The van der Waals surface area contributed by atoms with Gasteiger partial charge in [-0.3, -0.25) is 0 Å². The molecule has 0 fully saturated rings. The highest BCUT2D eigenvalue weighted by Gasteiger charge is 2.36. The second-order valence-corrected chi connectivity index (χ2v) is 14.7. The molecule has 0 saturated heterocycles. The molecule has 0 unspecified atom stereocenters. The SMILES string of the molecule is CC1(C)c2ccccc2-c2cc3c(cc21)c1ccccc1n3-c1c(C#N)cc(-c2nc(-c3ccccc3)nc(-c3ccccc3)n2)c2oc3ccccc3c12. The number of furan rings is 1. The molecule has 1 aliphatic rings. The van der Waals surface area contributed by atoms with Gasteiger partial charge in [0, 0.05) is 32.7 Å². The molecular weight excluding hydrogens is 675 g/mol. The van der Waals surface area contributed by atoms with Gasteiger partial charge in [-0.25, -0.2) is 15.0 Å². The zero-order chi connectivity index (χ0) is 36.8. The van der Waals surface area contributed by atoms with Crippen molar-refractivity contribution in [3.63, 3.8) is 0 Å². The molecule has 0 radical (unpaired) electrons. The number of nitrogens with zero attached hydrogens (tertiary/aromatic N) is 5. The molecular formula is C49H31N5O. The Morgan fingerprint density at radius 3 is 1.89 bits per heavy atom. The van der Waals surface area contributed by atoms with Crippen molar-refractivity contribution in [1.29, 1.82) is 5.26 Å². The van der Waals surface area contributed by atoms with Crippen molar-refractivity contribution >= 4 is 43.7 Å². The molecule has 0 spiro atoms. The average Bonchev–Trinajstić information content (AvgIpc) is 3.86.